The number of pyridine rings is 1. The molecule has 20 heavy (non-hydrogen) atoms. The lowest BCUT2D eigenvalue weighted by molar-refractivity contribution is 0.0627. The third kappa shape index (κ3) is 2.85. The molecule has 3 rings (SSSR count). The summed E-state index contributed by atoms with van der Waals surface area (Å²) < 4.78 is 5.82. The maximum Gasteiger partial charge on any atom is 0.0949 e. The van der Waals surface area contributed by atoms with Gasteiger partial charge < -0.3 is 10.5 Å². The number of nitrogens with two attached hydrogens (primary N) is 1. The number of aromatic nitrogens is 1. The van der Waals surface area contributed by atoms with Gasteiger partial charge in [-0.1, -0.05) is 24.3 Å². The van der Waals surface area contributed by atoms with Gasteiger partial charge in [0, 0.05) is 24.9 Å². The summed E-state index contributed by atoms with van der Waals surface area (Å²) in [6.45, 7) is 1.30. The van der Waals surface area contributed by atoms with Crippen LogP contribution in [0.2, 0.25) is 0 Å². The summed E-state index contributed by atoms with van der Waals surface area (Å²) in [5.41, 5.74) is 10.6. The molecule has 2 aromatic rings. The lowest BCUT2D eigenvalue weighted by Crippen LogP contribution is -2.16. The molecule has 4 heteroatoms. The van der Waals surface area contributed by atoms with Crippen molar-refractivity contribution in [2.24, 2.45) is 5.73 Å². The summed E-state index contributed by atoms with van der Waals surface area (Å²) in [5.74, 6) is 0. The Hall–Kier alpha value is -1.42. The first-order valence-electron chi connectivity index (χ1n) is 6.75. The smallest absolute Gasteiger partial charge is 0.0949 e. The SMILES string of the molecule is Cl.NC[C@H]1OCCCc2c(-c3ccccn3)cccc21. The number of ether oxygens (including phenoxy) is 1. The maximum atomic E-state index is 5.84. The van der Waals surface area contributed by atoms with Crippen molar-refractivity contribution < 1.29 is 4.74 Å². The van der Waals surface area contributed by atoms with Crippen molar-refractivity contribution >= 4 is 12.4 Å². The van der Waals surface area contributed by atoms with Gasteiger partial charge in [-0.2, -0.15) is 0 Å². The van der Waals surface area contributed by atoms with E-state index in [4.69, 9.17) is 10.5 Å². The molecule has 0 radical (unpaired) electrons. The third-order valence-corrected chi connectivity index (χ3v) is 3.60. The van der Waals surface area contributed by atoms with Crippen LogP contribution >= 0.6 is 12.4 Å². The van der Waals surface area contributed by atoms with E-state index in [0.717, 1.165) is 25.1 Å². The number of nitrogens with zero attached hydrogens (tertiary/aromatic N) is 1. The van der Waals surface area contributed by atoms with Crippen LogP contribution in [0.15, 0.2) is 42.6 Å². The average Bonchev–Trinajstić information content (AvgIpc) is 2.69. The molecule has 3 nitrogen and oxygen atoms in total. The summed E-state index contributed by atoms with van der Waals surface area (Å²) in [6.07, 6.45) is 3.91. The highest BCUT2D eigenvalue weighted by molar-refractivity contribution is 5.85. The Morgan fingerprint density at radius 2 is 2.10 bits per heavy atom. The van der Waals surface area contributed by atoms with Crippen molar-refractivity contribution in [2.45, 2.75) is 18.9 Å². The van der Waals surface area contributed by atoms with Gasteiger partial charge in [-0.25, -0.2) is 0 Å². The second-order valence-electron chi connectivity index (χ2n) is 4.79. The summed E-state index contributed by atoms with van der Waals surface area (Å²) in [5, 5.41) is 0. The second kappa shape index (κ2) is 6.84. The molecule has 0 saturated heterocycles. The van der Waals surface area contributed by atoms with E-state index in [2.05, 4.69) is 29.2 Å². The highest BCUT2D eigenvalue weighted by atomic mass is 35.5. The van der Waals surface area contributed by atoms with Gasteiger partial charge in [0.25, 0.3) is 0 Å². The summed E-state index contributed by atoms with van der Waals surface area (Å²) in [4.78, 5) is 4.47. The molecule has 0 aliphatic carbocycles. The number of hydrogen-bond acceptors (Lipinski definition) is 3. The van der Waals surface area contributed by atoms with E-state index in [1.54, 1.807) is 0 Å². The number of benzene rings is 1. The van der Waals surface area contributed by atoms with Crippen LogP contribution in [0, 0.1) is 0 Å². The van der Waals surface area contributed by atoms with Gasteiger partial charge in [-0.05, 0) is 36.1 Å². The van der Waals surface area contributed by atoms with Gasteiger partial charge in [0.1, 0.15) is 0 Å². The Labute approximate surface area is 125 Å². The fourth-order valence-electron chi connectivity index (χ4n) is 2.71. The van der Waals surface area contributed by atoms with Gasteiger partial charge in [0.2, 0.25) is 0 Å². The lowest BCUT2D eigenvalue weighted by atomic mass is 9.93. The largest absolute Gasteiger partial charge is 0.372 e. The zero-order valence-electron chi connectivity index (χ0n) is 11.3. The average molecular weight is 291 g/mol. The molecule has 0 amide bonds. The van der Waals surface area contributed by atoms with Crippen LogP contribution in [-0.2, 0) is 11.2 Å². The molecule has 0 saturated carbocycles. The molecule has 0 bridgehead atoms. The topological polar surface area (TPSA) is 48.1 Å². The van der Waals surface area contributed by atoms with E-state index < -0.39 is 0 Å². The molecule has 1 atom stereocenters. The molecule has 0 fully saturated rings. The lowest BCUT2D eigenvalue weighted by Gasteiger charge is -2.18. The first-order chi connectivity index (χ1) is 9.40. The zero-order chi connectivity index (χ0) is 13.1. The fourth-order valence-corrected chi connectivity index (χ4v) is 2.71. The minimum absolute atomic E-state index is 0. The van der Waals surface area contributed by atoms with E-state index in [9.17, 15) is 0 Å². The van der Waals surface area contributed by atoms with Crippen molar-refractivity contribution in [3.63, 3.8) is 0 Å². The molecule has 1 aliphatic heterocycles. The van der Waals surface area contributed by atoms with E-state index in [0.29, 0.717) is 6.54 Å². The van der Waals surface area contributed by atoms with Crippen molar-refractivity contribution in [3.8, 4) is 11.3 Å². The van der Waals surface area contributed by atoms with Crippen LogP contribution in [0.25, 0.3) is 11.3 Å². The van der Waals surface area contributed by atoms with Gasteiger partial charge in [-0.3, -0.25) is 4.98 Å². The molecular formula is C16H19ClN2O. The Bertz CT molecular complexity index is 560. The third-order valence-electron chi connectivity index (χ3n) is 3.60. The predicted octanol–water partition coefficient (Wildman–Crippen LogP) is 3.13. The van der Waals surface area contributed by atoms with Gasteiger partial charge in [-0.15, -0.1) is 12.4 Å². The van der Waals surface area contributed by atoms with Crippen LogP contribution < -0.4 is 5.73 Å². The van der Waals surface area contributed by atoms with Crippen LogP contribution in [0.1, 0.15) is 23.7 Å². The second-order valence-corrected chi connectivity index (χ2v) is 4.79. The monoisotopic (exact) mass is 290 g/mol. The van der Waals surface area contributed by atoms with Crippen molar-refractivity contribution in [1.82, 2.24) is 4.98 Å². The summed E-state index contributed by atoms with van der Waals surface area (Å²) in [7, 11) is 0. The number of fused-ring (bicyclic) bond motifs is 1. The minimum Gasteiger partial charge on any atom is -0.372 e. The minimum atomic E-state index is 0. The summed E-state index contributed by atoms with van der Waals surface area (Å²) >= 11 is 0. The van der Waals surface area contributed by atoms with E-state index in [1.807, 2.05) is 18.3 Å². The fraction of sp³-hybridized carbons (Fsp3) is 0.312. The Morgan fingerprint density at radius 1 is 1.20 bits per heavy atom. The molecule has 2 N–H and O–H groups in total. The normalized spacial score (nSPS) is 17.8. The van der Waals surface area contributed by atoms with Crippen molar-refractivity contribution in [2.75, 3.05) is 13.2 Å². The Morgan fingerprint density at radius 3 is 2.85 bits per heavy atom. The van der Waals surface area contributed by atoms with Crippen LogP contribution in [-0.4, -0.2) is 18.1 Å². The predicted molar refractivity (Wildman–Crippen MR) is 83.0 cm³/mol. The number of halogens is 1. The van der Waals surface area contributed by atoms with Crippen molar-refractivity contribution in [3.05, 3.63) is 53.7 Å². The van der Waals surface area contributed by atoms with E-state index in [1.165, 1.54) is 16.7 Å². The molecule has 1 aliphatic rings. The first-order valence-corrected chi connectivity index (χ1v) is 6.75. The molecule has 0 unspecified atom stereocenters. The van der Waals surface area contributed by atoms with Gasteiger partial charge in [0.15, 0.2) is 0 Å². The molecule has 0 spiro atoms. The van der Waals surface area contributed by atoms with Crippen LogP contribution in [0.3, 0.4) is 0 Å². The molecule has 2 heterocycles. The van der Waals surface area contributed by atoms with Crippen molar-refractivity contribution in [1.29, 1.82) is 0 Å². The van der Waals surface area contributed by atoms with E-state index in [-0.39, 0.29) is 18.5 Å². The number of rotatable bonds is 2. The Balaban J connectivity index is 0.00000147. The molecular weight excluding hydrogens is 272 g/mol. The standard InChI is InChI=1S/C16H18N2O.ClH/c17-11-16-14-6-3-5-13(12(14)7-4-10-19-16)15-8-1-2-9-18-15;/h1-3,5-6,8-9,16H,4,7,10-11,17H2;1H/t16-;/m1./s1. The Kier molecular flexibility index (Phi) is 5.12. The quantitative estimate of drug-likeness (QED) is 0.924. The van der Waals surface area contributed by atoms with Gasteiger partial charge in [0.05, 0.1) is 11.8 Å². The number of hydrogen-bond donors (Lipinski definition) is 1. The molecule has 106 valence electrons. The van der Waals surface area contributed by atoms with Crippen LogP contribution in [0.5, 0.6) is 0 Å². The van der Waals surface area contributed by atoms with Crippen LogP contribution in [0.4, 0.5) is 0 Å². The van der Waals surface area contributed by atoms with E-state index >= 15 is 0 Å². The first kappa shape index (κ1) is 15.0. The molecule has 1 aromatic carbocycles. The summed E-state index contributed by atoms with van der Waals surface area (Å²) in [6, 6.07) is 12.4. The molecule has 1 aromatic heterocycles. The maximum absolute atomic E-state index is 5.84. The zero-order valence-corrected chi connectivity index (χ0v) is 12.1. The highest BCUT2D eigenvalue weighted by Crippen LogP contribution is 2.32. The highest BCUT2D eigenvalue weighted by Gasteiger charge is 2.20. The van der Waals surface area contributed by atoms with Gasteiger partial charge >= 0.3 is 0 Å².